The summed E-state index contributed by atoms with van der Waals surface area (Å²) in [7, 11) is 0. The summed E-state index contributed by atoms with van der Waals surface area (Å²) in [5.74, 6) is -0.0609. The molecule has 0 heterocycles. The molecule has 4 heteroatoms. The number of carbonyl (C=O) groups is 1. The molecule has 0 bridgehead atoms. The summed E-state index contributed by atoms with van der Waals surface area (Å²) in [4.78, 5) is 13.1. The fourth-order valence-electron chi connectivity index (χ4n) is 2.36. The largest absolute Gasteiger partial charge is 0.395 e. The number of carbonyl (C=O) groups excluding carboxylic acids is 1. The number of amides is 1. The highest BCUT2D eigenvalue weighted by Crippen LogP contribution is 2.10. The summed E-state index contributed by atoms with van der Waals surface area (Å²) < 4.78 is 0. The molecule has 0 atom stereocenters. The Balaban J connectivity index is 3.38. The van der Waals surface area contributed by atoms with Gasteiger partial charge in [-0.2, -0.15) is 0 Å². The van der Waals surface area contributed by atoms with Crippen LogP contribution in [-0.2, 0) is 4.79 Å². The normalized spacial score (nSPS) is 10.8. The van der Waals surface area contributed by atoms with E-state index in [1.165, 1.54) is 51.4 Å². The van der Waals surface area contributed by atoms with Crippen molar-refractivity contribution >= 4 is 17.5 Å². The monoisotopic (exact) mass is 305 g/mol. The lowest BCUT2D eigenvalue weighted by Crippen LogP contribution is -2.35. The third-order valence-electron chi connectivity index (χ3n) is 3.62. The lowest BCUT2D eigenvalue weighted by molar-refractivity contribution is -0.129. The lowest BCUT2D eigenvalue weighted by Gasteiger charge is -2.20. The molecule has 120 valence electrons. The molecule has 0 aliphatic carbocycles. The Labute approximate surface area is 129 Å². The Hall–Kier alpha value is -0.280. The first-order valence-electron chi connectivity index (χ1n) is 8.20. The Morgan fingerprint density at radius 3 is 1.85 bits per heavy atom. The van der Waals surface area contributed by atoms with E-state index in [2.05, 4.69) is 6.92 Å². The summed E-state index contributed by atoms with van der Waals surface area (Å²) in [5.41, 5.74) is 0. The molecule has 0 rings (SSSR count). The molecule has 0 radical (unpaired) electrons. The Morgan fingerprint density at radius 1 is 0.900 bits per heavy atom. The minimum Gasteiger partial charge on any atom is -0.395 e. The fourth-order valence-corrected chi connectivity index (χ4v) is 2.53. The van der Waals surface area contributed by atoms with Crippen molar-refractivity contribution in [3.05, 3.63) is 0 Å². The van der Waals surface area contributed by atoms with Gasteiger partial charge < -0.3 is 10.0 Å². The fraction of sp³-hybridized carbons (Fsp3) is 0.938. The number of aliphatic hydroxyl groups is 1. The van der Waals surface area contributed by atoms with Gasteiger partial charge in [-0.1, -0.05) is 64.7 Å². The van der Waals surface area contributed by atoms with E-state index >= 15 is 0 Å². The van der Waals surface area contributed by atoms with Gasteiger partial charge in [0.25, 0.3) is 0 Å². The van der Waals surface area contributed by atoms with Crippen LogP contribution >= 0.6 is 11.6 Å². The average Bonchev–Trinajstić information content (AvgIpc) is 2.47. The van der Waals surface area contributed by atoms with Crippen molar-refractivity contribution in [2.24, 2.45) is 0 Å². The number of rotatable bonds is 14. The van der Waals surface area contributed by atoms with Gasteiger partial charge in [-0.05, 0) is 6.42 Å². The molecule has 0 aromatic carbocycles. The molecule has 0 saturated carbocycles. The van der Waals surface area contributed by atoms with Gasteiger partial charge in [-0.3, -0.25) is 4.79 Å². The first-order valence-corrected chi connectivity index (χ1v) is 8.74. The zero-order chi connectivity index (χ0) is 15.1. The number of unbranched alkanes of at least 4 members (excludes halogenated alkanes) is 9. The molecular formula is C16H32ClNO2. The lowest BCUT2D eigenvalue weighted by atomic mass is 10.1. The first-order chi connectivity index (χ1) is 9.76. The van der Waals surface area contributed by atoms with E-state index in [0.29, 0.717) is 6.54 Å². The van der Waals surface area contributed by atoms with Crippen molar-refractivity contribution in [3.63, 3.8) is 0 Å². The van der Waals surface area contributed by atoms with Crippen molar-refractivity contribution in [1.29, 1.82) is 0 Å². The van der Waals surface area contributed by atoms with Gasteiger partial charge in [0.2, 0.25) is 5.91 Å². The van der Waals surface area contributed by atoms with Crippen LogP contribution in [0.4, 0.5) is 0 Å². The highest BCUT2D eigenvalue weighted by atomic mass is 35.5. The van der Waals surface area contributed by atoms with E-state index in [-0.39, 0.29) is 18.4 Å². The Morgan fingerprint density at radius 2 is 1.40 bits per heavy atom. The minimum atomic E-state index is -0.0726. The predicted octanol–water partition coefficient (Wildman–Crippen LogP) is 3.97. The maximum absolute atomic E-state index is 11.5. The highest BCUT2D eigenvalue weighted by Gasteiger charge is 2.10. The Bertz CT molecular complexity index is 225. The molecule has 0 aliphatic rings. The Kier molecular flexibility index (Phi) is 14.9. The van der Waals surface area contributed by atoms with Crippen LogP contribution in [0.3, 0.4) is 0 Å². The quantitative estimate of drug-likeness (QED) is 0.390. The van der Waals surface area contributed by atoms with Crippen LogP contribution in [0.2, 0.25) is 0 Å². The van der Waals surface area contributed by atoms with Gasteiger partial charge in [-0.15, -0.1) is 11.6 Å². The van der Waals surface area contributed by atoms with Crippen molar-refractivity contribution in [3.8, 4) is 0 Å². The van der Waals surface area contributed by atoms with E-state index in [4.69, 9.17) is 16.7 Å². The van der Waals surface area contributed by atoms with Crippen LogP contribution in [-0.4, -0.2) is 41.5 Å². The summed E-state index contributed by atoms with van der Waals surface area (Å²) in [6.07, 6.45) is 12.9. The highest BCUT2D eigenvalue weighted by molar-refractivity contribution is 6.27. The van der Waals surface area contributed by atoms with E-state index < -0.39 is 0 Å². The second-order valence-corrected chi connectivity index (χ2v) is 5.69. The van der Waals surface area contributed by atoms with Gasteiger partial charge in [0.05, 0.1) is 6.61 Å². The van der Waals surface area contributed by atoms with Crippen molar-refractivity contribution < 1.29 is 9.90 Å². The van der Waals surface area contributed by atoms with Gasteiger partial charge in [0.15, 0.2) is 0 Å². The van der Waals surface area contributed by atoms with Crippen LogP contribution in [0.1, 0.15) is 71.1 Å². The number of alkyl halides is 1. The number of halogens is 1. The van der Waals surface area contributed by atoms with Crippen molar-refractivity contribution in [2.45, 2.75) is 71.1 Å². The maximum atomic E-state index is 11.5. The van der Waals surface area contributed by atoms with Gasteiger partial charge in [-0.25, -0.2) is 0 Å². The molecule has 0 aromatic rings. The van der Waals surface area contributed by atoms with Crippen LogP contribution in [0.15, 0.2) is 0 Å². The van der Waals surface area contributed by atoms with Gasteiger partial charge >= 0.3 is 0 Å². The zero-order valence-electron chi connectivity index (χ0n) is 13.1. The molecule has 0 aliphatic heterocycles. The first kappa shape index (κ1) is 19.7. The summed E-state index contributed by atoms with van der Waals surface area (Å²) >= 11 is 5.54. The van der Waals surface area contributed by atoms with E-state index in [1.807, 2.05) is 0 Å². The summed E-state index contributed by atoms with van der Waals surface area (Å²) in [6, 6.07) is 0. The second kappa shape index (κ2) is 15.1. The standard InChI is InChI=1S/C16H32ClNO2/c1-2-3-4-5-6-7-8-9-10-11-12-18(13-14-19)16(20)15-17/h19H,2-15H2,1H3. The average molecular weight is 306 g/mol. The number of hydrogen-bond acceptors (Lipinski definition) is 2. The SMILES string of the molecule is CCCCCCCCCCCCN(CCO)C(=O)CCl. The molecular weight excluding hydrogens is 274 g/mol. The second-order valence-electron chi connectivity index (χ2n) is 5.42. The number of aliphatic hydroxyl groups excluding tert-OH is 1. The molecule has 20 heavy (non-hydrogen) atoms. The van der Waals surface area contributed by atoms with E-state index in [1.54, 1.807) is 4.90 Å². The van der Waals surface area contributed by atoms with Crippen LogP contribution < -0.4 is 0 Å². The summed E-state index contributed by atoms with van der Waals surface area (Å²) in [6.45, 7) is 3.39. The number of nitrogens with zero attached hydrogens (tertiary/aromatic N) is 1. The summed E-state index contributed by atoms with van der Waals surface area (Å²) in [5, 5.41) is 8.91. The van der Waals surface area contributed by atoms with Crippen LogP contribution in [0, 0.1) is 0 Å². The van der Waals surface area contributed by atoms with E-state index in [0.717, 1.165) is 19.4 Å². The molecule has 3 nitrogen and oxygen atoms in total. The maximum Gasteiger partial charge on any atom is 0.237 e. The molecule has 1 amide bonds. The molecule has 0 saturated heterocycles. The van der Waals surface area contributed by atoms with Crippen molar-refractivity contribution in [2.75, 3.05) is 25.6 Å². The van der Waals surface area contributed by atoms with Crippen molar-refractivity contribution in [1.82, 2.24) is 4.90 Å². The third-order valence-corrected chi connectivity index (χ3v) is 3.85. The predicted molar refractivity (Wildman–Crippen MR) is 86.2 cm³/mol. The minimum absolute atomic E-state index is 0.0117. The molecule has 0 unspecified atom stereocenters. The molecule has 0 fully saturated rings. The molecule has 0 aromatic heterocycles. The van der Waals surface area contributed by atoms with Gasteiger partial charge in [0, 0.05) is 13.1 Å². The number of hydrogen-bond donors (Lipinski definition) is 1. The zero-order valence-corrected chi connectivity index (χ0v) is 13.8. The van der Waals surface area contributed by atoms with Crippen LogP contribution in [0.5, 0.6) is 0 Å². The topological polar surface area (TPSA) is 40.5 Å². The molecule has 0 spiro atoms. The molecule has 1 N–H and O–H groups in total. The van der Waals surface area contributed by atoms with Gasteiger partial charge in [0.1, 0.15) is 5.88 Å². The van der Waals surface area contributed by atoms with E-state index in [9.17, 15) is 4.79 Å². The third kappa shape index (κ3) is 11.5. The van der Waals surface area contributed by atoms with Crippen LogP contribution in [0.25, 0.3) is 0 Å². The smallest absolute Gasteiger partial charge is 0.237 e.